The first kappa shape index (κ1) is 12.1. The molecule has 0 amide bonds. The summed E-state index contributed by atoms with van der Waals surface area (Å²) < 4.78 is 20.1. The lowest BCUT2D eigenvalue weighted by Gasteiger charge is -2.29. The van der Waals surface area contributed by atoms with E-state index in [1.165, 1.54) is 12.1 Å². The van der Waals surface area contributed by atoms with Crippen LogP contribution in [0.5, 0.6) is 5.75 Å². The fraction of sp³-hybridized carbons (Fsp3) is 0.231. The summed E-state index contributed by atoms with van der Waals surface area (Å²) in [5.74, 6) is 0.412. The Kier molecular flexibility index (Phi) is 3.13. The van der Waals surface area contributed by atoms with Crippen LogP contribution in [0.15, 0.2) is 34.1 Å². The van der Waals surface area contributed by atoms with Crippen LogP contribution in [0.4, 0.5) is 4.39 Å². The minimum absolute atomic E-state index is 0.0470. The number of nitrogens with two attached hydrogens (primary N) is 1. The van der Waals surface area contributed by atoms with Gasteiger partial charge in [-0.05, 0) is 46.3 Å². The molecule has 1 aromatic carbocycles. The molecule has 0 saturated heterocycles. The summed E-state index contributed by atoms with van der Waals surface area (Å²) in [4.78, 5) is 1.13. The molecule has 94 valence electrons. The average molecular weight is 328 g/mol. The van der Waals surface area contributed by atoms with E-state index in [4.69, 9.17) is 10.5 Å². The Balaban J connectivity index is 1.94. The third-order valence-electron chi connectivity index (χ3n) is 3.02. The van der Waals surface area contributed by atoms with Gasteiger partial charge in [-0.3, -0.25) is 0 Å². The van der Waals surface area contributed by atoms with Crippen molar-refractivity contribution in [1.82, 2.24) is 0 Å². The second-order valence-electron chi connectivity index (χ2n) is 4.27. The lowest BCUT2D eigenvalue weighted by atomic mass is 9.96. The molecule has 0 saturated carbocycles. The summed E-state index contributed by atoms with van der Waals surface area (Å²) >= 11 is 5.07. The summed E-state index contributed by atoms with van der Waals surface area (Å²) in [7, 11) is 0. The molecule has 5 heteroatoms. The molecular formula is C13H11BrFNOS. The van der Waals surface area contributed by atoms with Crippen molar-refractivity contribution < 1.29 is 9.13 Å². The molecule has 0 spiro atoms. The highest BCUT2D eigenvalue weighted by Crippen LogP contribution is 2.42. The predicted molar refractivity (Wildman–Crippen MR) is 73.3 cm³/mol. The van der Waals surface area contributed by atoms with E-state index >= 15 is 0 Å². The van der Waals surface area contributed by atoms with Gasteiger partial charge >= 0.3 is 0 Å². The molecule has 0 radical (unpaired) electrons. The molecule has 2 nitrogen and oxygen atoms in total. The lowest BCUT2D eigenvalue weighted by molar-refractivity contribution is 0.164. The zero-order chi connectivity index (χ0) is 12.7. The van der Waals surface area contributed by atoms with Crippen molar-refractivity contribution >= 4 is 27.3 Å². The van der Waals surface area contributed by atoms with E-state index < -0.39 is 0 Å². The van der Waals surface area contributed by atoms with Crippen LogP contribution in [0, 0.1) is 5.82 Å². The first-order valence-electron chi connectivity index (χ1n) is 5.60. The first-order valence-corrected chi connectivity index (χ1v) is 7.21. The van der Waals surface area contributed by atoms with Crippen molar-refractivity contribution in [3.63, 3.8) is 0 Å². The van der Waals surface area contributed by atoms with E-state index in [-0.39, 0.29) is 18.0 Å². The highest BCUT2D eigenvalue weighted by molar-refractivity contribution is 9.11. The molecule has 0 bridgehead atoms. The predicted octanol–water partition coefficient (Wildman–Crippen LogP) is 4.17. The summed E-state index contributed by atoms with van der Waals surface area (Å²) in [6.45, 7) is 0. The Morgan fingerprint density at radius 3 is 2.89 bits per heavy atom. The van der Waals surface area contributed by atoms with Crippen molar-refractivity contribution in [2.75, 3.05) is 0 Å². The van der Waals surface area contributed by atoms with E-state index in [0.29, 0.717) is 12.2 Å². The lowest BCUT2D eigenvalue weighted by Crippen LogP contribution is -2.23. The van der Waals surface area contributed by atoms with Gasteiger partial charge in [-0.15, -0.1) is 11.3 Å². The van der Waals surface area contributed by atoms with Gasteiger partial charge in [-0.2, -0.15) is 0 Å². The van der Waals surface area contributed by atoms with Crippen molar-refractivity contribution in [2.45, 2.75) is 18.6 Å². The molecule has 0 fully saturated rings. The minimum atomic E-state index is -0.273. The van der Waals surface area contributed by atoms with E-state index in [1.807, 2.05) is 12.1 Å². The molecular weight excluding hydrogens is 317 g/mol. The molecule has 2 N–H and O–H groups in total. The van der Waals surface area contributed by atoms with Gasteiger partial charge in [0.25, 0.3) is 0 Å². The number of rotatable bonds is 1. The summed E-state index contributed by atoms with van der Waals surface area (Å²) in [5.41, 5.74) is 6.85. The third-order valence-corrected chi connectivity index (χ3v) is 4.74. The van der Waals surface area contributed by atoms with Gasteiger partial charge in [0.15, 0.2) is 0 Å². The number of thiophene rings is 1. The maximum atomic E-state index is 13.2. The number of fused-ring (bicyclic) bond motifs is 1. The Bertz CT molecular complexity index is 586. The van der Waals surface area contributed by atoms with Crippen molar-refractivity contribution in [1.29, 1.82) is 0 Å². The van der Waals surface area contributed by atoms with Crippen molar-refractivity contribution in [2.24, 2.45) is 5.73 Å². The SMILES string of the molecule is N[C@@H]1CC(c2ccc(Br)s2)Oc2ccc(F)cc21. The van der Waals surface area contributed by atoms with Gasteiger partial charge in [0.2, 0.25) is 0 Å². The van der Waals surface area contributed by atoms with Crippen LogP contribution in [0.2, 0.25) is 0 Å². The Labute approximate surface area is 117 Å². The maximum Gasteiger partial charge on any atom is 0.135 e. The quantitative estimate of drug-likeness (QED) is 0.853. The fourth-order valence-corrected chi connectivity index (χ4v) is 3.62. The monoisotopic (exact) mass is 327 g/mol. The smallest absolute Gasteiger partial charge is 0.135 e. The molecule has 2 heterocycles. The van der Waals surface area contributed by atoms with E-state index in [9.17, 15) is 4.39 Å². The molecule has 2 aromatic rings. The molecule has 0 aliphatic carbocycles. The van der Waals surface area contributed by atoms with Crippen LogP contribution in [0.1, 0.15) is 29.0 Å². The largest absolute Gasteiger partial charge is 0.484 e. The van der Waals surface area contributed by atoms with E-state index in [1.54, 1.807) is 17.4 Å². The Morgan fingerprint density at radius 1 is 1.33 bits per heavy atom. The Morgan fingerprint density at radius 2 is 2.17 bits per heavy atom. The van der Waals surface area contributed by atoms with Crippen LogP contribution >= 0.6 is 27.3 Å². The summed E-state index contributed by atoms with van der Waals surface area (Å²) in [6, 6.07) is 8.35. The molecule has 1 aliphatic heterocycles. The minimum Gasteiger partial charge on any atom is -0.484 e. The highest BCUT2D eigenvalue weighted by atomic mass is 79.9. The topological polar surface area (TPSA) is 35.2 Å². The van der Waals surface area contributed by atoms with Gasteiger partial charge in [-0.25, -0.2) is 4.39 Å². The van der Waals surface area contributed by atoms with Crippen molar-refractivity contribution in [3.05, 3.63) is 50.4 Å². The van der Waals surface area contributed by atoms with Gasteiger partial charge in [-0.1, -0.05) is 0 Å². The number of benzene rings is 1. The standard InChI is InChI=1S/C13H11BrFNOS/c14-13-4-3-12(18-13)11-6-9(16)8-5-7(15)1-2-10(8)17-11/h1-5,9,11H,6,16H2/t9-,11?/m1/s1. The summed E-state index contributed by atoms with van der Waals surface area (Å²) in [6.07, 6.45) is 0.623. The van der Waals surface area contributed by atoms with Crippen LogP contribution in [-0.4, -0.2) is 0 Å². The molecule has 18 heavy (non-hydrogen) atoms. The normalized spacial score (nSPS) is 22.4. The van der Waals surface area contributed by atoms with Crippen molar-refractivity contribution in [3.8, 4) is 5.75 Å². The van der Waals surface area contributed by atoms with Crippen LogP contribution in [-0.2, 0) is 0 Å². The molecule has 1 unspecified atom stereocenters. The molecule has 1 aliphatic rings. The number of hydrogen-bond acceptors (Lipinski definition) is 3. The fourth-order valence-electron chi connectivity index (χ4n) is 2.15. The third kappa shape index (κ3) is 2.18. The second kappa shape index (κ2) is 4.64. The Hall–Kier alpha value is -0.910. The van der Waals surface area contributed by atoms with Crippen LogP contribution < -0.4 is 10.5 Å². The second-order valence-corrected chi connectivity index (χ2v) is 6.77. The summed E-state index contributed by atoms with van der Waals surface area (Å²) in [5, 5.41) is 0. The molecule has 3 rings (SSSR count). The van der Waals surface area contributed by atoms with Gasteiger partial charge in [0.1, 0.15) is 17.7 Å². The van der Waals surface area contributed by atoms with E-state index in [2.05, 4.69) is 15.9 Å². The number of hydrogen-bond donors (Lipinski definition) is 1. The van der Waals surface area contributed by atoms with E-state index in [0.717, 1.165) is 14.2 Å². The zero-order valence-electron chi connectivity index (χ0n) is 9.40. The number of halogens is 2. The molecule has 1 aromatic heterocycles. The van der Waals surface area contributed by atoms with Gasteiger partial charge in [0.05, 0.1) is 3.79 Å². The molecule has 2 atom stereocenters. The maximum absolute atomic E-state index is 13.2. The van der Waals surface area contributed by atoms with Crippen LogP contribution in [0.3, 0.4) is 0 Å². The first-order chi connectivity index (χ1) is 8.63. The highest BCUT2D eigenvalue weighted by Gasteiger charge is 2.28. The average Bonchev–Trinajstić information content (AvgIpc) is 2.77. The number of ether oxygens (including phenoxy) is 1. The van der Waals surface area contributed by atoms with Crippen LogP contribution in [0.25, 0.3) is 0 Å². The van der Waals surface area contributed by atoms with Gasteiger partial charge < -0.3 is 10.5 Å². The van der Waals surface area contributed by atoms with Gasteiger partial charge in [0, 0.05) is 22.9 Å². The zero-order valence-corrected chi connectivity index (χ0v) is 11.8.